The number of hydrogen-bond acceptors (Lipinski definition) is 6. The number of aryl methyl sites for hydroxylation is 1. The van der Waals surface area contributed by atoms with E-state index in [1.165, 1.54) is 23.9 Å². The van der Waals surface area contributed by atoms with Crippen LogP contribution >= 0.6 is 11.8 Å². The van der Waals surface area contributed by atoms with E-state index in [2.05, 4.69) is 10.3 Å². The first-order valence-corrected chi connectivity index (χ1v) is 7.53. The van der Waals surface area contributed by atoms with E-state index in [1.54, 1.807) is 24.0 Å². The molecule has 0 fully saturated rings. The van der Waals surface area contributed by atoms with Crippen LogP contribution in [0.3, 0.4) is 0 Å². The van der Waals surface area contributed by atoms with E-state index in [-0.39, 0.29) is 5.69 Å². The van der Waals surface area contributed by atoms with Gasteiger partial charge in [0.25, 0.3) is 5.69 Å². The van der Waals surface area contributed by atoms with Crippen LogP contribution in [0, 0.1) is 15.9 Å². The van der Waals surface area contributed by atoms with Gasteiger partial charge >= 0.3 is 0 Å². The summed E-state index contributed by atoms with van der Waals surface area (Å²) in [4.78, 5) is 10.3. The first-order chi connectivity index (χ1) is 11.0. The summed E-state index contributed by atoms with van der Waals surface area (Å²) in [7, 11) is 1.80. The lowest BCUT2D eigenvalue weighted by atomic mass is 10.2. The monoisotopic (exact) mass is 334 g/mol. The third-order valence-electron chi connectivity index (χ3n) is 3.06. The molecule has 0 atom stereocenters. The van der Waals surface area contributed by atoms with E-state index in [0.29, 0.717) is 22.1 Å². The summed E-state index contributed by atoms with van der Waals surface area (Å²) in [5.41, 5.74) is 1.21. The van der Waals surface area contributed by atoms with Crippen molar-refractivity contribution in [3.05, 3.63) is 58.4 Å². The lowest BCUT2D eigenvalue weighted by Crippen LogP contribution is -1.90. The number of rotatable bonds is 5. The number of nitro groups is 1. The number of non-ortho nitro benzene ring substituents is 1. The Labute approximate surface area is 134 Å². The summed E-state index contributed by atoms with van der Waals surface area (Å²) >= 11 is 1.18. The highest BCUT2D eigenvalue weighted by Crippen LogP contribution is 2.29. The molecule has 23 heavy (non-hydrogen) atoms. The van der Waals surface area contributed by atoms with Gasteiger partial charge in [-0.05, 0) is 6.07 Å². The molecule has 0 aliphatic rings. The maximum atomic E-state index is 13.8. The first kappa shape index (κ1) is 15.2. The van der Waals surface area contributed by atoms with Crippen molar-refractivity contribution in [1.82, 2.24) is 14.9 Å². The molecule has 2 aromatic heterocycles. The van der Waals surface area contributed by atoms with Crippen LogP contribution in [0.2, 0.25) is 0 Å². The average Bonchev–Trinajstić information content (AvgIpc) is 3.14. The average molecular weight is 334 g/mol. The summed E-state index contributed by atoms with van der Waals surface area (Å²) < 4.78 is 20.7. The van der Waals surface area contributed by atoms with Gasteiger partial charge < -0.3 is 4.52 Å². The fourth-order valence-corrected chi connectivity index (χ4v) is 2.73. The number of benzene rings is 1. The molecule has 3 rings (SSSR count). The van der Waals surface area contributed by atoms with Crippen LogP contribution in [-0.2, 0) is 12.8 Å². The molecule has 1 aromatic carbocycles. The smallest absolute Gasteiger partial charge is 0.272 e. The van der Waals surface area contributed by atoms with E-state index in [1.807, 2.05) is 6.20 Å². The molecular formula is C14H11FN4O3S. The summed E-state index contributed by atoms with van der Waals surface area (Å²) in [6.45, 7) is 0. The zero-order chi connectivity index (χ0) is 16.4. The van der Waals surface area contributed by atoms with Crippen LogP contribution in [0.1, 0.15) is 5.76 Å². The molecule has 0 saturated carbocycles. The highest BCUT2D eigenvalue weighted by molar-refractivity contribution is 7.98. The number of thioether (sulfide) groups is 1. The Morgan fingerprint density at radius 2 is 2.26 bits per heavy atom. The quantitative estimate of drug-likeness (QED) is 0.404. The Bertz CT molecular complexity index is 861. The van der Waals surface area contributed by atoms with Gasteiger partial charge in [0.15, 0.2) is 0 Å². The zero-order valence-corrected chi connectivity index (χ0v) is 12.8. The van der Waals surface area contributed by atoms with Crippen LogP contribution < -0.4 is 0 Å². The lowest BCUT2D eigenvalue weighted by molar-refractivity contribution is -0.385. The van der Waals surface area contributed by atoms with Gasteiger partial charge in [0.05, 0.1) is 22.9 Å². The molecule has 0 aliphatic heterocycles. The summed E-state index contributed by atoms with van der Waals surface area (Å²) in [5.74, 6) is 0.310. The number of nitro benzene ring substituents is 1. The standard InChI is InChI=1S/C14H11FN4O3S/c1-18-7-9(6-16-18)13-5-11(22-17-13)8-23-14-3-2-10(19(20)21)4-12(14)15/h2-7H,8H2,1H3. The summed E-state index contributed by atoms with van der Waals surface area (Å²) in [6, 6.07) is 5.32. The minimum absolute atomic E-state index is 0.273. The minimum atomic E-state index is -0.631. The fourth-order valence-electron chi connectivity index (χ4n) is 1.94. The van der Waals surface area contributed by atoms with Gasteiger partial charge in [-0.15, -0.1) is 11.8 Å². The second kappa shape index (κ2) is 6.21. The Morgan fingerprint density at radius 1 is 1.43 bits per heavy atom. The van der Waals surface area contributed by atoms with Gasteiger partial charge in [-0.25, -0.2) is 4.39 Å². The third-order valence-corrected chi connectivity index (χ3v) is 4.13. The van der Waals surface area contributed by atoms with Crippen molar-refractivity contribution in [2.24, 2.45) is 7.05 Å². The number of halogens is 1. The molecule has 0 N–H and O–H groups in total. The molecular weight excluding hydrogens is 323 g/mol. The van der Waals surface area contributed by atoms with Crippen molar-refractivity contribution in [1.29, 1.82) is 0 Å². The maximum Gasteiger partial charge on any atom is 0.272 e. The van der Waals surface area contributed by atoms with Crippen LogP contribution in [0.4, 0.5) is 10.1 Å². The summed E-state index contributed by atoms with van der Waals surface area (Å²) in [6.07, 6.45) is 3.48. The second-order valence-electron chi connectivity index (χ2n) is 4.74. The van der Waals surface area contributed by atoms with E-state index >= 15 is 0 Å². The van der Waals surface area contributed by atoms with E-state index in [4.69, 9.17) is 4.52 Å². The molecule has 0 radical (unpaired) electrons. The largest absolute Gasteiger partial charge is 0.360 e. The fraction of sp³-hybridized carbons (Fsp3) is 0.143. The van der Waals surface area contributed by atoms with Crippen molar-refractivity contribution >= 4 is 17.4 Å². The van der Waals surface area contributed by atoms with Gasteiger partial charge in [-0.1, -0.05) is 5.16 Å². The normalized spacial score (nSPS) is 10.9. The Hall–Kier alpha value is -2.68. The molecule has 0 amide bonds. The van der Waals surface area contributed by atoms with E-state index in [0.717, 1.165) is 11.6 Å². The van der Waals surface area contributed by atoms with Crippen LogP contribution in [0.15, 0.2) is 46.1 Å². The van der Waals surface area contributed by atoms with Crippen molar-refractivity contribution in [3.63, 3.8) is 0 Å². The van der Waals surface area contributed by atoms with Gasteiger partial charge in [0.2, 0.25) is 0 Å². The number of aromatic nitrogens is 3. The first-order valence-electron chi connectivity index (χ1n) is 6.54. The van der Waals surface area contributed by atoms with Crippen LogP contribution in [0.5, 0.6) is 0 Å². The Kier molecular flexibility index (Phi) is 4.11. The van der Waals surface area contributed by atoms with Crippen molar-refractivity contribution < 1.29 is 13.8 Å². The summed E-state index contributed by atoms with van der Waals surface area (Å²) in [5, 5.41) is 18.6. The van der Waals surface area contributed by atoms with E-state index < -0.39 is 10.7 Å². The lowest BCUT2D eigenvalue weighted by Gasteiger charge is -2.00. The molecule has 3 aromatic rings. The zero-order valence-electron chi connectivity index (χ0n) is 12.0. The van der Waals surface area contributed by atoms with Gasteiger partial charge in [-0.3, -0.25) is 14.8 Å². The second-order valence-corrected chi connectivity index (χ2v) is 5.76. The third kappa shape index (κ3) is 3.39. The van der Waals surface area contributed by atoms with Crippen LogP contribution in [-0.4, -0.2) is 19.9 Å². The topological polar surface area (TPSA) is 87.0 Å². The van der Waals surface area contributed by atoms with Gasteiger partial charge in [0.1, 0.15) is 17.3 Å². The maximum absolute atomic E-state index is 13.8. The molecule has 7 nitrogen and oxygen atoms in total. The molecule has 118 valence electrons. The molecule has 2 heterocycles. The van der Waals surface area contributed by atoms with E-state index in [9.17, 15) is 14.5 Å². The Morgan fingerprint density at radius 3 is 2.91 bits per heavy atom. The molecule has 0 aliphatic carbocycles. The van der Waals surface area contributed by atoms with Crippen LogP contribution in [0.25, 0.3) is 11.3 Å². The van der Waals surface area contributed by atoms with Gasteiger partial charge in [0, 0.05) is 35.8 Å². The Balaban J connectivity index is 1.69. The number of nitrogens with zero attached hydrogens (tertiary/aromatic N) is 4. The van der Waals surface area contributed by atoms with Crippen molar-refractivity contribution in [3.8, 4) is 11.3 Å². The predicted molar refractivity (Wildman–Crippen MR) is 81.3 cm³/mol. The van der Waals surface area contributed by atoms with Gasteiger partial charge in [-0.2, -0.15) is 5.10 Å². The predicted octanol–water partition coefficient (Wildman–Crippen LogP) is 3.41. The SMILES string of the molecule is Cn1cc(-c2cc(CSc3ccc([N+](=O)[O-])cc3F)on2)cn1. The molecule has 0 spiro atoms. The number of hydrogen-bond donors (Lipinski definition) is 0. The highest BCUT2D eigenvalue weighted by Gasteiger charge is 2.13. The molecule has 0 bridgehead atoms. The highest BCUT2D eigenvalue weighted by atomic mass is 32.2. The molecule has 0 unspecified atom stereocenters. The minimum Gasteiger partial charge on any atom is -0.360 e. The van der Waals surface area contributed by atoms with Crippen molar-refractivity contribution in [2.75, 3.05) is 0 Å². The molecule has 0 saturated heterocycles. The molecule has 9 heteroatoms. The van der Waals surface area contributed by atoms with Crippen molar-refractivity contribution in [2.45, 2.75) is 10.6 Å².